The molecule has 0 aromatic carbocycles. The number of aryl methyl sites for hydroxylation is 1. The maximum Gasteiger partial charge on any atom is 0.410 e. The van der Waals surface area contributed by atoms with E-state index in [0.29, 0.717) is 5.56 Å². The van der Waals surface area contributed by atoms with Crippen molar-refractivity contribution >= 4 is 23.5 Å². The van der Waals surface area contributed by atoms with Gasteiger partial charge in [0, 0.05) is 0 Å². The molecule has 1 amide bonds. The molecule has 2 N–H and O–H groups in total. The van der Waals surface area contributed by atoms with Gasteiger partial charge in [-0.2, -0.15) is 0 Å². The summed E-state index contributed by atoms with van der Waals surface area (Å²) in [7, 11) is 0. The topological polar surface area (TPSA) is 75.1 Å². The first-order chi connectivity index (χ1) is 5.59. The summed E-state index contributed by atoms with van der Waals surface area (Å²) >= 11 is 5.50. The zero-order valence-electron chi connectivity index (χ0n) is 6.21. The first kappa shape index (κ1) is 8.73. The fourth-order valence-corrected chi connectivity index (χ4v) is 0.879. The van der Waals surface area contributed by atoms with Gasteiger partial charge in [0.1, 0.15) is 0 Å². The number of hydrogen-bond acceptors (Lipinski definition) is 3. The Morgan fingerprint density at radius 2 is 2.33 bits per heavy atom. The zero-order valence-corrected chi connectivity index (χ0v) is 6.96. The number of halogens is 1. The Bertz CT molecular complexity index is 316. The van der Waals surface area contributed by atoms with Gasteiger partial charge in [-0.1, -0.05) is 11.6 Å². The molecule has 0 unspecified atom stereocenters. The predicted molar refractivity (Wildman–Crippen MR) is 43.4 cm³/mol. The van der Waals surface area contributed by atoms with Crippen molar-refractivity contribution in [1.29, 1.82) is 0 Å². The molecular formula is C6H6ClN3O2. The maximum atomic E-state index is 10.2. The van der Waals surface area contributed by atoms with Crippen molar-refractivity contribution in [2.45, 2.75) is 6.92 Å². The third-order valence-corrected chi connectivity index (χ3v) is 1.36. The number of anilines is 1. The van der Waals surface area contributed by atoms with Crippen molar-refractivity contribution in [2.75, 3.05) is 5.32 Å². The summed E-state index contributed by atoms with van der Waals surface area (Å²) in [6.07, 6.45) is -1.17. The van der Waals surface area contributed by atoms with E-state index in [1.165, 1.54) is 6.07 Å². The fraction of sp³-hybridized carbons (Fsp3) is 0.167. The third kappa shape index (κ3) is 2.06. The molecule has 0 saturated carbocycles. The predicted octanol–water partition coefficient (Wildman–Crippen LogP) is 1.53. The molecule has 1 aromatic heterocycles. The lowest BCUT2D eigenvalue weighted by Gasteiger charge is -2.01. The molecule has 0 aliphatic rings. The lowest BCUT2D eigenvalue weighted by Crippen LogP contribution is -2.10. The first-order valence-corrected chi connectivity index (χ1v) is 3.47. The van der Waals surface area contributed by atoms with Crippen LogP contribution in [0.2, 0.25) is 5.15 Å². The van der Waals surface area contributed by atoms with Crippen molar-refractivity contribution in [2.24, 2.45) is 0 Å². The molecule has 0 aliphatic carbocycles. The molecule has 1 heterocycles. The first-order valence-electron chi connectivity index (χ1n) is 3.09. The molecule has 0 fully saturated rings. The van der Waals surface area contributed by atoms with Gasteiger partial charge in [-0.3, -0.25) is 5.32 Å². The molecule has 0 radical (unpaired) electrons. The molecule has 1 aromatic rings. The molecule has 0 saturated heterocycles. The SMILES string of the molecule is Cc1cc(Cl)nnc1NC(=O)O. The zero-order chi connectivity index (χ0) is 9.14. The summed E-state index contributed by atoms with van der Waals surface area (Å²) < 4.78 is 0. The molecule has 5 nitrogen and oxygen atoms in total. The molecule has 12 heavy (non-hydrogen) atoms. The molecule has 64 valence electrons. The second-order valence-corrected chi connectivity index (χ2v) is 2.52. The Labute approximate surface area is 73.4 Å². The van der Waals surface area contributed by atoms with Crippen LogP contribution in [0.4, 0.5) is 10.6 Å². The normalized spacial score (nSPS) is 9.50. The molecule has 1 rings (SSSR count). The molecule has 0 atom stereocenters. The number of aromatic nitrogens is 2. The fourth-order valence-electron chi connectivity index (χ4n) is 0.677. The average molecular weight is 188 g/mol. The Hall–Kier alpha value is -1.36. The maximum absolute atomic E-state index is 10.2. The van der Waals surface area contributed by atoms with Gasteiger partial charge in [0.2, 0.25) is 0 Å². The molecule has 0 aliphatic heterocycles. The van der Waals surface area contributed by atoms with Gasteiger partial charge < -0.3 is 5.11 Å². The molecule has 0 bridgehead atoms. The van der Waals surface area contributed by atoms with E-state index in [1.54, 1.807) is 6.92 Å². The van der Waals surface area contributed by atoms with Gasteiger partial charge >= 0.3 is 6.09 Å². The quantitative estimate of drug-likeness (QED) is 0.699. The van der Waals surface area contributed by atoms with E-state index in [9.17, 15) is 4.79 Å². The minimum absolute atomic E-state index is 0.201. The van der Waals surface area contributed by atoms with Crippen molar-refractivity contribution in [3.05, 3.63) is 16.8 Å². The van der Waals surface area contributed by atoms with Gasteiger partial charge in [-0.25, -0.2) is 4.79 Å². The van der Waals surface area contributed by atoms with E-state index >= 15 is 0 Å². The van der Waals surface area contributed by atoms with Gasteiger partial charge in [0.15, 0.2) is 11.0 Å². The van der Waals surface area contributed by atoms with Gasteiger partial charge in [-0.15, -0.1) is 10.2 Å². The number of carboxylic acid groups (broad SMARTS) is 1. The highest BCUT2D eigenvalue weighted by molar-refractivity contribution is 6.29. The second kappa shape index (κ2) is 3.36. The minimum Gasteiger partial charge on any atom is -0.465 e. The number of carbonyl (C=O) groups is 1. The lowest BCUT2D eigenvalue weighted by atomic mass is 10.3. The van der Waals surface area contributed by atoms with Crippen LogP contribution < -0.4 is 5.32 Å². The highest BCUT2D eigenvalue weighted by atomic mass is 35.5. The van der Waals surface area contributed by atoms with Crippen LogP contribution in [0.25, 0.3) is 0 Å². The van der Waals surface area contributed by atoms with Crippen LogP contribution in [0.3, 0.4) is 0 Å². The van der Waals surface area contributed by atoms with Crippen LogP contribution in [0.15, 0.2) is 6.07 Å². The Balaban J connectivity index is 2.93. The van der Waals surface area contributed by atoms with E-state index in [4.69, 9.17) is 16.7 Å². The Kier molecular flexibility index (Phi) is 2.44. The second-order valence-electron chi connectivity index (χ2n) is 2.13. The average Bonchev–Trinajstić information content (AvgIpc) is 1.94. The van der Waals surface area contributed by atoms with Crippen molar-refractivity contribution < 1.29 is 9.90 Å². The van der Waals surface area contributed by atoms with E-state index in [1.807, 2.05) is 0 Å². The number of hydrogen-bond donors (Lipinski definition) is 2. The van der Waals surface area contributed by atoms with E-state index in [0.717, 1.165) is 0 Å². The van der Waals surface area contributed by atoms with Crippen LogP contribution in [-0.4, -0.2) is 21.4 Å². The van der Waals surface area contributed by atoms with Crippen molar-refractivity contribution in [3.63, 3.8) is 0 Å². The van der Waals surface area contributed by atoms with Crippen LogP contribution in [-0.2, 0) is 0 Å². The highest BCUT2D eigenvalue weighted by Crippen LogP contribution is 2.12. The van der Waals surface area contributed by atoms with Crippen LogP contribution in [0.5, 0.6) is 0 Å². The number of rotatable bonds is 1. The number of nitrogens with zero attached hydrogens (tertiary/aromatic N) is 2. The highest BCUT2D eigenvalue weighted by Gasteiger charge is 2.04. The molecule has 0 spiro atoms. The van der Waals surface area contributed by atoms with Crippen molar-refractivity contribution in [1.82, 2.24) is 10.2 Å². The van der Waals surface area contributed by atoms with E-state index in [2.05, 4.69) is 15.5 Å². The summed E-state index contributed by atoms with van der Waals surface area (Å²) in [5.74, 6) is 0.201. The Morgan fingerprint density at radius 3 is 2.83 bits per heavy atom. The summed E-state index contributed by atoms with van der Waals surface area (Å²) in [6, 6.07) is 1.53. The number of amides is 1. The van der Waals surface area contributed by atoms with Gasteiger partial charge in [0.05, 0.1) is 0 Å². The van der Waals surface area contributed by atoms with Crippen LogP contribution >= 0.6 is 11.6 Å². The Morgan fingerprint density at radius 1 is 1.67 bits per heavy atom. The summed E-state index contributed by atoms with van der Waals surface area (Å²) in [6.45, 7) is 1.69. The standard InChI is InChI=1S/C6H6ClN3O2/c1-3-2-4(7)9-10-5(3)8-6(11)12/h2H,1H3,(H,8,10)(H,11,12). The molecule has 6 heteroatoms. The lowest BCUT2D eigenvalue weighted by molar-refractivity contribution is 0.209. The summed E-state index contributed by atoms with van der Waals surface area (Å²) in [4.78, 5) is 10.2. The van der Waals surface area contributed by atoms with E-state index < -0.39 is 6.09 Å². The van der Waals surface area contributed by atoms with E-state index in [-0.39, 0.29) is 11.0 Å². The molecular weight excluding hydrogens is 182 g/mol. The van der Waals surface area contributed by atoms with Crippen molar-refractivity contribution in [3.8, 4) is 0 Å². The van der Waals surface area contributed by atoms with Crippen LogP contribution in [0, 0.1) is 6.92 Å². The monoisotopic (exact) mass is 187 g/mol. The minimum atomic E-state index is -1.17. The van der Waals surface area contributed by atoms with Gasteiger partial charge in [0.25, 0.3) is 0 Å². The summed E-state index contributed by atoms with van der Waals surface area (Å²) in [5, 5.41) is 17.7. The smallest absolute Gasteiger partial charge is 0.410 e. The third-order valence-electron chi connectivity index (χ3n) is 1.18. The van der Waals surface area contributed by atoms with Crippen LogP contribution in [0.1, 0.15) is 5.56 Å². The largest absolute Gasteiger partial charge is 0.465 e. The number of nitrogens with one attached hydrogen (secondary N) is 1. The van der Waals surface area contributed by atoms with Gasteiger partial charge in [-0.05, 0) is 18.6 Å². The summed E-state index contributed by atoms with van der Waals surface area (Å²) in [5.41, 5.74) is 0.636.